The largest absolute Gasteiger partial charge is 0.507 e. The summed E-state index contributed by atoms with van der Waals surface area (Å²) in [5, 5.41) is 18.4. The summed E-state index contributed by atoms with van der Waals surface area (Å²) in [6.45, 7) is -0.00389. The van der Waals surface area contributed by atoms with Crippen LogP contribution in [0.15, 0.2) is 53.4 Å². The van der Waals surface area contributed by atoms with Gasteiger partial charge in [0.1, 0.15) is 22.8 Å². The predicted molar refractivity (Wildman–Crippen MR) is 93.3 cm³/mol. The van der Waals surface area contributed by atoms with Gasteiger partial charge in [-0.1, -0.05) is 18.2 Å². The number of carboxylic acids is 1. The first kappa shape index (κ1) is 19.5. The third-order valence-corrected chi connectivity index (χ3v) is 5.33. The Morgan fingerprint density at radius 3 is 2.31 bits per heavy atom. The smallest absolute Gasteiger partial charge is 0.339 e. The fourth-order valence-electron chi connectivity index (χ4n) is 2.18. The molecule has 2 aromatic rings. The SMILES string of the molecule is O=C(CCOc1ccc(C(=O)O)c(O)c1)CCS(=O)(=O)c1ccccc1. The molecule has 0 bridgehead atoms. The lowest BCUT2D eigenvalue weighted by molar-refractivity contribution is -0.119. The molecular formula is C18H18O7S. The maximum Gasteiger partial charge on any atom is 0.339 e. The van der Waals surface area contributed by atoms with Crippen LogP contribution < -0.4 is 4.74 Å². The molecular weight excluding hydrogens is 360 g/mol. The molecule has 138 valence electrons. The van der Waals surface area contributed by atoms with Crippen LogP contribution >= 0.6 is 0 Å². The summed E-state index contributed by atoms with van der Waals surface area (Å²) in [6.07, 6.45) is -0.116. The molecule has 2 rings (SSSR count). The molecule has 0 radical (unpaired) electrons. The minimum atomic E-state index is -3.50. The van der Waals surface area contributed by atoms with Gasteiger partial charge in [0.25, 0.3) is 0 Å². The van der Waals surface area contributed by atoms with Gasteiger partial charge >= 0.3 is 5.97 Å². The number of carboxylic acid groups (broad SMARTS) is 1. The lowest BCUT2D eigenvalue weighted by Gasteiger charge is -2.08. The van der Waals surface area contributed by atoms with Crippen LogP contribution in [-0.2, 0) is 14.6 Å². The van der Waals surface area contributed by atoms with Crippen molar-refractivity contribution in [2.75, 3.05) is 12.4 Å². The number of hydrogen-bond donors (Lipinski definition) is 2. The van der Waals surface area contributed by atoms with E-state index in [9.17, 15) is 23.1 Å². The highest BCUT2D eigenvalue weighted by Gasteiger charge is 2.16. The maximum atomic E-state index is 12.1. The van der Waals surface area contributed by atoms with Crippen LogP contribution in [0.4, 0.5) is 0 Å². The second-order valence-corrected chi connectivity index (χ2v) is 7.61. The highest BCUT2D eigenvalue weighted by atomic mass is 32.2. The molecule has 0 amide bonds. The van der Waals surface area contributed by atoms with Crippen LogP contribution in [0.2, 0.25) is 0 Å². The molecule has 0 atom stereocenters. The van der Waals surface area contributed by atoms with Crippen LogP contribution in [0.5, 0.6) is 11.5 Å². The summed E-state index contributed by atoms with van der Waals surface area (Å²) in [5.74, 6) is -2.02. The summed E-state index contributed by atoms with van der Waals surface area (Å²) in [7, 11) is -3.50. The van der Waals surface area contributed by atoms with Crippen molar-refractivity contribution in [3.63, 3.8) is 0 Å². The van der Waals surface area contributed by atoms with Crippen LogP contribution in [0.3, 0.4) is 0 Å². The molecule has 0 fully saturated rings. The number of carbonyl (C=O) groups excluding carboxylic acids is 1. The van der Waals surface area contributed by atoms with E-state index in [2.05, 4.69) is 0 Å². The van der Waals surface area contributed by atoms with E-state index in [1.165, 1.54) is 24.3 Å². The number of Topliss-reactive ketones (excluding diaryl/α,β-unsaturated/α-hetero) is 1. The summed E-state index contributed by atoms with van der Waals surface area (Å²) in [4.78, 5) is 22.8. The molecule has 0 unspecified atom stereocenters. The molecule has 8 heteroatoms. The van der Waals surface area contributed by atoms with Crippen molar-refractivity contribution in [2.24, 2.45) is 0 Å². The van der Waals surface area contributed by atoms with Gasteiger partial charge in [-0.05, 0) is 24.3 Å². The van der Waals surface area contributed by atoms with Gasteiger partial charge in [0, 0.05) is 18.9 Å². The van der Waals surface area contributed by atoms with Gasteiger partial charge in [-0.15, -0.1) is 0 Å². The van der Waals surface area contributed by atoms with Crippen LogP contribution in [-0.4, -0.2) is 42.7 Å². The summed E-state index contributed by atoms with van der Waals surface area (Å²) in [6, 6.07) is 11.6. The van der Waals surface area contributed by atoms with Crippen molar-refractivity contribution in [3.05, 3.63) is 54.1 Å². The fraction of sp³-hybridized carbons (Fsp3) is 0.222. The third-order valence-electron chi connectivity index (χ3n) is 3.60. The molecule has 0 saturated heterocycles. The number of ether oxygens (including phenoxy) is 1. The first-order chi connectivity index (χ1) is 12.3. The van der Waals surface area contributed by atoms with Crippen molar-refractivity contribution >= 4 is 21.6 Å². The quantitative estimate of drug-likeness (QED) is 0.687. The van der Waals surface area contributed by atoms with Gasteiger partial charge < -0.3 is 14.9 Å². The van der Waals surface area contributed by atoms with Crippen LogP contribution in [0.25, 0.3) is 0 Å². The van der Waals surface area contributed by atoms with Crippen molar-refractivity contribution in [1.82, 2.24) is 0 Å². The van der Waals surface area contributed by atoms with Gasteiger partial charge in [0.2, 0.25) is 0 Å². The number of carbonyl (C=O) groups is 2. The Morgan fingerprint density at radius 1 is 1.00 bits per heavy atom. The third kappa shape index (κ3) is 5.32. The van der Waals surface area contributed by atoms with Crippen molar-refractivity contribution in [1.29, 1.82) is 0 Å². The molecule has 0 aliphatic heterocycles. The first-order valence-corrected chi connectivity index (χ1v) is 9.43. The van der Waals surface area contributed by atoms with Gasteiger partial charge in [-0.3, -0.25) is 4.79 Å². The molecule has 2 N–H and O–H groups in total. The molecule has 2 aromatic carbocycles. The number of aromatic hydroxyl groups is 1. The number of sulfone groups is 1. The highest BCUT2D eigenvalue weighted by Crippen LogP contribution is 2.23. The lowest BCUT2D eigenvalue weighted by atomic mass is 10.2. The van der Waals surface area contributed by atoms with Crippen molar-refractivity contribution < 1.29 is 33.0 Å². The fourth-order valence-corrected chi connectivity index (χ4v) is 3.49. The van der Waals surface area contributed by atoms with Crippen molar-refractivity contribution in [2.45, 2.75) is 17.7 Å². The van der Waals surface area contributed by atoms with E-state index in [0.29, 0.717) is 0 Å². The second-order valence-electron chi connectivity index (χ2n) is 5.50. The van der Waals surface area contributed by atoms with Gasteiger partial charge in [0.05, 0.1) is 17.3 Å². The zero-order valence-electron chi connectivity index (χ0n) is 13.8. The average molecular weight is 378 g/mol. The summed E-state index contributed by atoms with van der Waals surface area (Å²) >= 11 is 0. The average Bonchev–Trinajstić information content (AvgIpc) is 2.60. The summed E-state index contributed by atoms with van der Waals surface area (Å²) < 4.78 is 29.5. The minimum absolute atomic E-state index is 0.00389. The van der Waals surface area contributed by atoms with E-state index in [1.54, 1.807) is 18.2 Å². The van der Waals surface area contributed by atoms with E-state index in [1.807, 2.05) is 0 Å². The Morgan fingerprint density at radius 2 is 1.69 bits per heavy atom. The van der Waals surface area contributed by atoms with Gasteiger partial charge in [-0.25, -0.2) is 13.2 Å². The number of hydrogen-bond acceptors (Lipinski definition) is 6. The number of aromatic carboxylic acids is 1. The molecule has 0 spiro atoms. The molecule has 0 saturated carbocycles. The first-order valence-electron chi connectivity index (χ1n) is 7.78. The predicted octanol–water partition coefficient (Wildman–Crippen LogP) is 2.29. The number of benzene rings is 2. The Kier molecular flexibility index (Phi) is 6.35. The normalized spacial score (nSPS) is 11.1. The van der Waals surface area contributed by atoms with Gasteiger partial charge in [0.15, 0.2) is 9.84 Å². The number of rotatable bonds is 9. The number of ketones is 1. The Bertz CT molecular complexity index is 889. The zero-order chi connectivity index (χ0) is 19.2. The monoisotopic (exact) mass is 378 g/mol. The van der Waals surface area contributed by atoms with E-state index >= 15 is 0 Å². The zero-order valence-corrected chi connectivity index (χ0v) is 14.6. The second kappa shape index (κ2) is 8.48. The molecule has 26 heavy (non-hydrogen) atoms. The molecule has 0 aromatic heterocycles. The lowest BCUT2D eigenvalue weighted by Crippen LogP contribution is -2.13. The molecule has 0 aliphatic rings. The van der Waals surface area contributed by atoms with E-state index in [0.717, 1.165) is 6.07 Å². The topological polar surface area (TPSA) is 118 Å². The Labute approximate surface area is 150 Å². The van der Waals surface area contributed by atoms with E-state index < -0.39 is 21.6 Å². The molecule has 7 nitrogen and oxygen atoms in total. The minimum Gasteiger partial charge on any atom is -0.507 e. The van der Waals surface area contributed by atoms with Crippen molar-refractivity contribution in [3.8, 4) is 11.5 Å². The number of phenols is 1. The maximum absolute atomic E-state index is 12.1. The molecule has 0 heterocycles. The highest BCUT2D eigenvalue weighted by molar-refractivity contribution is 7.91. The van der Waals surface area contributed by atoms with E-state index in [4.69, 9.17) is 9.84 Å². The molecule has 0 aliphatic carbocycles. The standard InChI is InChI=1S/C18H18O7S/c19-13(9-11-26(23,24)15-4-2-1-3-5-15)8-10-25-14-6-7-16(18(21)22)17(20)12-14/h1-7,12,20H,8-11H2,(H,21,22). The Hall–Kier alpha value is -2.87. The summed E-state index contributed by atoms with van der Waals surface area (Å²) in [5.41, 5.74) is -0.250. The van der Waals surface area contributed by atoms with Crippen LogP contribution in [0.1, 0.15) is 23.2 Å². The van der Waals surface area contributed by atoms with Crippen LogP contribution in [0, 0.1) is 0 Å². The van der Waals surface area contributed by atoms with E-state index in [-0.39, 0.29) is 47.2 Å². The van der Waals surface area contributed by atoms with Gasteiger partial charge in [-0.2, -0.15) is 0 Å². The Balaban J connectivity index is 1.81.